The third-order valence-electron chi connectivity index (χ3n) is 2.97. The molecule has 2 rings (SSSR count). The molecule has 0 saturated carbocycles. The first-order valence-electron chi connectivity index (χ1n) is 6.63. The number of hydrogen-bond acceptors (Lipinski definition) is 3. The second-order valence-corrected chi connectivity index (χ2v) is 5.01. The van der Waals surface area contributed by atoms with E-state index in [9.17, 15) is 4.79 Å². The molecule has 2 aromatic rings. The van der Waals surface area contributed by atoms with E-state index < -0.39 is 0 Å². The van der Waals surface area contributed by atoms with Crippen LogP contribution in [0.1, 0.15) is 11.1 Å². The number of carbonyl (C=O) groups excluding carboxylic acids is 1. The monoisotopic (exact) mass is 304 g/mol. The lowest BCUT2D eigenvalue weighted by Gasteiger charge is -2.08. The van der Waals surface area contributed by atoms with Crippen LogP contribution >= 0.6 is 11.6 Å². The van der Waals surface area contributed by atoms with Crippen LogP contribution in [0.4, 0.5) is 5.69 Å². The first-order valence-corrected chi connectivity index (χ1v) is 7.00. The topological polar surface area (TPSA) is 61.4 Å². The minimum atomic E-state index is -0.143. The number of aliphatic hydroxyl groups excluding tert-OH is 1. The summed E-state index contributed by atoms with van der Waals surface area (Å²) in [7, 11) is 0. The third-order valence-corrected chi connectivity index (χ3v) is 3.30. The normalized spacial score (nSPS) is 10.4. The summed E-state index contributed by atoms with van der Waals surface area (Å²) in [6, 6.07) is 14.7. The van der Waals surface area contributed by atoms with Crippen molar-refractivity contribution in [3.63, 3.8) is 0 Å². The molecule has 3 N–H and O–H groups in total. The van der Waals surface area contributed by atoms with Gasteiger partial charge in [-0.1, -0.05) is 48.0 Å². The first kappa shape index (κ1) is 15.5. The highest BCUT2D eigenvalue weighted by molar-refractivity contribution is 6.33. The zero-order valence-corrected chi connectivity index (χ0v) is 12.2. The second kappa shape index (κ2) is 7.78. The quantitative estimate of drug-likeness (QED) is 0.768. The van der Waals surface area contributed by atoms with Crippen molar-refractivity contribution in [2.75, 3.05) is 11.9 Å². The van der Waals surface area contributed by atoms with Crippen molar-refractivity contribution in [3.8, 4) is 0 Å². The molecule has 0 bridgehead atoms. The summed E-state index contributed by atoms with van der Waals surface area (Å²) in [5.74, 6) is -0.143. The Morgan fingerprint density at radius 3 is 2.38 bits per heavy atom. The van der Waals surface area contributed by atoms with Crippen LogP contribution in [0, 0.1) is 0 Å². The van der Waals surface area contributed by atoms with Gasteiger partial charge in [0.25, 0.3) is 0 Å². The van der Waals surface area contributed by atoms with Crippen molar-refractivity contribution in [3.05, 3.63) is 64.7 Å². The molecule has 0 aliphatic rings. The number of hydrogen-bond donors (Lipinski definition) is 3. The van der Waals surface area contributed by atoms with Crippen LogP contribution < -0.4 is 10.6 Å². The van der Waals surface area contributed by atoms with Gasteiger partial charge in [-0.3, -0.25) is 4.79 Å². The van der Waals surface area contributed by atoms with Crippen molar-refractivity contribution in [2.24, 2.45) is 0 Å². The van der Waals surface area contributed by atoms with Crippen LogP contribution in [-0.4, -0.2) is 17.6 Å². The highest BCUT2D eigenvalue weighted by Crippen LogP contribution is 2.19. The van der Waals surface area contributed by atoms with Crippen LogP contribution in [-0.2, 0) is 17.9 Å². The molecule has 0 aliphatic heterocycles. The Labute approximate surface area is 128 Å². The number of aliphatic hydroxyl groups is 1. The van der Waals surface area contributed by atoms with Gasteiger partial charge in [0, 0.05) is 6.54 Å². The molecule has 5 heteroatoms. The van der Waals surface area contributed by atoms with E-state index in [2.05, 4.69) is 10.6 Å². The summed E-state index contributed by atoms with van der Waals surface area (Å²) in [6.45, 7) is 0.822. The number of benzene rings is 2. The van der Waals surface area contributed by atoms with Crippen molar-refractivity contribution in [1.82, 2.24) is 5.32 Å². The highest BCUT2D eigenvalue weighted by Gasteiger charge is 2.04. The molecule has 0 heterocycles. The van der Waals surface area contributed by atoms with Crippen molar-refractivity contribution in [2.45, 2.75) is 13.2 Å². The van der Waals surface area contributed by atoms with Gasteiger partial charge in [0.2, 0.25) is 5.91 Å². The number of amides is 1. The van der Waals surface area contributed by atoms with Crippen LogP contribution in [0.3, 0.4) is 0 Å². The number of anilines is 1. The maximum Gasteiger partial charge on any atom is 0.238 e. The minimum Gasteiger partial charge on any atom is -0.392 e. The molecule has 4 nitrogen and oxygen atoms in total. The maximum atomic E-state index is 11.8. The van der Waals surface area contributed by atoms with E-state index in [4.69, 9.17) is 16.7 Å². The standard InChI is InChI=1S/C16H17ClN2O2/c17-14-3-1-2-4-15(14)19-16(21)10-18-9-12-5-7-13(11-20)8-6-12/h1-8,18,20H,9-11H2,(H,19,21). The molecule has 0 atom stereocenters. The fourth-order valence-corrected chi connectivity index (χ4v) is 2.02. The van der Waals surface area contributed by atoms with Crippen molar-refractivity contribution < 1.29 is 9.90 Å². The lowest BCUT2D eigenvalue weighted by molar-refractivity contribution is -0.115. The van der Waals surface area contributed by atoms with E-state index in [0.717, 1.165) is 11.1 Å². The molecule has 0 radical (unpaired) electrons. The molecule has 0 unspecified atom stereocenters. The molecule has 0 aliphatic carbocycles. The smallest absolute Gasteiger partial charge is 0.238 e. The van der Waals surface area contributed by atoms with Gasteiger partial charge in [0.15, 0.2) is 0 Å². The molecular formula is C16H17ClN2O2. The Morgan fingerprint density at radius 1 is 1.05 bits per heavy atom. The van der Waals surface area contributed by atoms with E-state index in [-0.39, 0.29) is 19.1 Å². The molecule has 0 spiro atoms. The highest BCUT2D eigenvalue weighted by atomic mass is 35.5. The number of carbonyl (C=O) groups is 1. The van der Waals surface area contributed by atoms with E-state index >= 15 is 0 Å². The fourth-order valence-electron chi connectivity index (χ4n) is 1.84. The minimum absolute atomic E-state index is 0.0357. The van der Waals surface area contributed by atoms with Gasteiger partial charge in [-0.2, -0.15) is 0 Å². The zero-order chi connectivity index (χ0) is 15.1. The van der Waals surface area contributed by atoms with Gasteiger partial charge in [-0.15, -0.1) is 0 Å². The third kappa shape index (κ3) is 4.86. The van der Waals surface area contributed by atoms with E-state index in [0.29, 0.717) is 17.3 Å². The second-order valence-electron chi connectivity index (χ2n) is 4.61. The van der Waals surface area contributed by atoms with E-state index in [1.54, 1.807) is 12.1 Å². The molecule has 1 amide bonds. The lowest BCUT2D eigenvalue weighted by Crippen LogP contribution is -2.27. The Kier molecular flexibility index (Phi) is 5.75. The fraction of sp³-hybridized carbons (Fsp3) is 0.188. The molecule has 2 aromatic carbocycles. The average molecular weight is 305 g/mol. The largest absolute Gasteiger partial charge is 0.392 e. The van der Waals surface area contributed by atoms with Gasteiger partial charge in [0.05, 0.1) is 23.9 Å². The van der Waals surface area contributed by atoms with Gasteiger partial charge in [-0.05, 0) is 23.3 Å². The molecule has 110 valence electrons. The summed E-state index contributed by atoms with van der Waals surface area (Å²) >= 11 is 5.97. The summed E-state index contributed by atoms with van der Waals surface area (Å²) in [4.78, 5) is 11.8. The number of para-hydroxylation sites is 1. The number of rotatable bonds is 6. The zero-order valence-electron chi connectivity index (χ0n) is 11.5. The Bertz CT molecular complexity index is 599. The van der Waals surface area contributed by atoms with Crippen molar-refractivity contribution >= 4 is 23.2 Å². The first-order chi connectivity index (χ1) is 10.2. The Morgan fingerprint density at radius 2 is 1.71 bits per heavy atom. The average Bonchev–Trinajstić information content (AvgIpc) is 2.50. The predicted octanol–water partition coefficient (Wildman–Crippen LogP) is 2.56. The van der Waals surface area contributed by atoms with Crippen LogP contribution in [0.2, 0.25) is 5.02 Å². The van der Waals surface area contributed by atoms with Gasteiger partial charge < -0.3 is 15.7 Å². The Hall–Kier alpha value is -1.88. The van der Waals surface area contributed by atoms with Crippen LogP contribution in [0.15, 0.2) is 48.5 Å². The van der Waals surface area contributed by atoms with Crippen molar-refractivity contribution in [1.29, 1.82) is 0 Å². The maximum absolute atomic E-state index is 11.8. The predicted molar refractivity (Wildman–Crippen MR) is 84.2 cm³/mol. The molecule has 0 saturated heterocycles. The SMILES string of the molecule is O=C(CNCc1ccc(CO)cc1)Nc1ccccc1Cl. The van der Waals surface area contributed by atoms with Gasteiger partial charge in [-0.25, -0.2) is 0 Å². The summed E-state index contributed by atoms with van der Waals surface area (Å²) < 4.78 is 0. The van der Waals surface area contributed by atoms with Crippen LogP contribution in [0.25, 0.3) is 0 Å². The molecular weight excluding hydrogens is 288 g/mol. The van der Waals surface area contributed by atoms with E-state index in [1.165, 1.54) is 0 Å². The Balaban J connectivity index is 1.77. The van der Waals surface area contributed by atoms with E-state index in [1.807, 2.05) is 36.4 Å². The summed E-state index contributed by atoms with van der Waals surface area (Å²) in [6.07, 6.45) is 0. The lowest BCUT2D eigenvalue weighted by atomic mass is 10.1. The van der Waals surface area contributed by atoms with Gasteiger partial charge >= 0.3 is 0 Å². The molecule has 0 aromatic heterocycles. The van der Waals surface area contributed by atoms with Crippen LogP contribution in [0.5, 0.6) is 0 Å². The summed E-state index contributed by atoms with van der Waals surface area (Å²) in [5.41, 5.74) is 2.53. The molecule has 0 fully saturated rings. The molecule has 21 heavy (non-hydrogen) atoms. The summed E-state index contributed by atoms with van der Waals surface area (Å²) in [5, 5.41) is 15.3. The number of halogens is 1. The van der Waals surface area contributed by atoms with Gasteiger partial charge in [0.1, 0.15) is 0 Å². The number of nitrogens with one attached hydrogen (secondary N) is 2.